The highest BCUT2D eigenvalue weighted by molar-refractivity contribution is 5.74. The second kappa shape index (κ2) is 1.72. The van der Waals surface area contributed by atoms with E-state index < -0.39 is 0 Å². The van der Waals surface area contributed by atoms with E-state index in [4.69, 9.17) is 4.74 Å². The number of fused-ring (bicyclic) bond motifs is 1. The zero-order valence-corrected chi connectivity index (χ0v) is 6.02. The Hall–Kier alpha value is -0.570. The van der Waals surface area contributed by atoms with Gasteiger partial charge in [-0.25, -0.2) is 0 Å². The molecule has 0 aromatic rings. The molecule has 3 heteroatoms. The topological polar surface area (TPSA) is 41.6 Å². The van der Waals surface area contributed by atoms with Gasteiger partial charge in [0.2, 0.25) is 5.91 Å². The lowest BCUT2D eigenvalue weighted by molar-refractivity contribution is -0.120. The lowest BCUT2D eigenvalue weighted by Crippen LogP contribution is -2.36. The summed E-state index contributed by atoms with van der Waals surface area (Å²) >= 11 is 0. The molecule has 0 aromatic heterocycles. The quantitative estimate of drug-likeness (QED) is 0.537. The number of carbonyl (C=O) groups excluding carboxylic acids is 1. The minimum absolute atomic E-state index is 0.0180. The van der Waals surface area contributed by atoms with Gasteiger partial charge in [0.1, 0.15) is 6.10 Å². The summed E-state index contributed by atoms with van der Waals surface area (Å²) in [6, 6.07) is 0. The van der Waals surface area contributed by atoms with Crippen LogP contribution < -0.4 is 5.32 Å². The summed E-state index contributed by atoms with van der Waals surface area (Å²) in [5.74, 6) is 0.0180. The summed E-state index contributed by atoms with van der Waals surface area (Å²) in [6.07, 6.45) is 3.62. The van der Waals surface area contributed by atoms with Crippen molar-refractivity contribution < 1.29 is 9.53 Å². The SMILES string of the molecule is CC(=O)NC12CCCC1O2. The highest BCUT2D eigenvalue weighted by Gasteiger charge is 2.60. The second-order valence-electron chi connectivity index (χ2n) is 3.07. The maximum Gasteiger partial charge on any atom is 0.219 e. The molecule has 1 aliphatic carbocycles. The predicted octanol–water partition coefficient (Wildman–Crippen LogP) is 0.402. The smallest absolute Gasteiger partial charge is 0.219 e. The lowest BCUT2D eigenvalue weighted by Gasteiger charge is -2.07. The molecule has 2 unspecified atom stereocenters. The number of amides is 1. The van der Waals surface area contributed by atoms with Crippen LogP contribution in [0.1, 0.15) is 26.2 Å². The normalized spacial score (nSPS) is 42.7. The molecule has 1 saturated heterocycles. The zero-order valence-electron chi connectivity index (χ0n) is 6.02. The molecule has 0 bridgehead atoms. The fraction of sp³-hybridized carbons (Fsp3) is 0.857. The first-order chi connectivity index (χ1) is 4.73. The molecule has 1 heterocycles. The van der Waals surface area contributed by atoms with Crippen molar-refractivity contribution in [2.75, 3.05) is 0 Å². The molecule has 2 rings (SSSR count). The largest absolute Gasteiger partial charge is 0.345 e. The molecule has 1 N–H and O–H groups in total. The zero-order chi connectivity index (χ0) is 7.19. The first-order valence-corrected chi connectivity index (χ1v) is 3.69. The van der Waals surface area contributed by atoms with Crippen molar-refractivity contribution in [2.24, 2.45) is 0 Å². The fourth-order valence-electron chi connectivity index (χ4n) is 1.75. The van der Waals surface area contributed by atoms with Crippen LogP contribution in [0.4, 0.5) is 0 Å². The second-order valence-corrected chi connectivity index (χ2v) is 3.07. The van der Waals surface area contributed by atoms with E-state index >= 15 is 0 Å². The molecule has 10 heavy (non-hydrogen) atoms. The molecule has 1 saturated carbocycles. The van der Waals surface area contributed by atoms with E-state index in [1.54, 1.807) is 0 Å². The van der Waals surface area contributed by atoms with Gasteiger partial charge in [-0.15, -0.1) is 0 Å². The molecule has 1 aliphatic heterocycles. The van der Waals surface area contributed by atoms with Gasteiger partial charge in [-0.05, 0) is 19.3 Å². The van der Waals surface area contributed by atoms with Gasteiger partial charge in [0, 0.05) is 6.92 Å². The van der Waals surface area contributed by atoms with Crippen molar-refractivity contribution in [3.05, 3.63) is 0 Å². The fourth-order valence-corrected chi connectivity index (χ4v) is 1.75. The van der Waals surface area contributed by atoms with Gasteiger partial charge in [0.05, 0.1) is 0 Å². The van der Waals surface area contributed by atoms with E-state index in [2.05, 4.69) is 5.32 Å². The molecule has 2 atom stereocenters. The highest BCUT2D eigenvalue weighted by atomic mass is 16.6. The first-order valence-electron chi connectivity index (χ1n) is 3.69. The minimum atomic E-state index is -0.216. The van der Waals surface area contributed by atoms with E-state index in [0.29, 0.717) is 6.10 Å². The van der Waals surface area contributed by atoms with Crippen LogP contribution in [0, 0.1) is 0 Å². The van der Waals surface area contributed by atoms with Crippen LogP contribution in [-0.4, -0.2) is 17.7 Å². The first kappa shape index (κ1) is 6.16. The molecule has 56 valence electrons. The maximum absolute atomic E-state index is 10.6. The van der Waals surface area contributed by atoms with Gasteiger partial charge in [0.25, 0.3) is 0 Å². The average Bonchev–Trinajstić information content (AvgIpc) is 2.33. The summed E-state index contributed by atoms with van der Waals surface area (Å²) in [7, 11) is 0. The number of hydrogen-bond donors (Lipinski definition) is 1. The van der Waals surface area contributed by atoms with Crippen molar-refractivity contribution >= 4 is 5.91 Å². The highest BCUT2D eigenvalue weighted by Crippen LogP contribution is 2.47. The van der Waals surface area contributed by atoms with Crippen molar-refractivity contribution in [3.63, 3.8) is 0 Å². The van der Waals surface area contributed by atoms with E-state index in [-0.39, 0.29) is 11.6 Å². The van der Waals surface area contributed by atoms with E-state index in [1.807, 2.05) is 0 Å². The average molecular weight is 141 g/mol. The summed E-state index contributed by atoms with van der Waals surface area (Å²) in [4.78, 5) is 10.6. The number of rotatable bonds is 1. The van der Waals surface area contributed by atoms with Crippen molar-refractivity contribution in [2.45, 2.75) is 38.0 Å². The van der Waals surface area contributed by atoms with Crippen LogP contribution >= 0.6 is 0 Å². The van der Waals surface area contributed by atoms with Gasteiger partial charge >= 0.3 is 0 Å². The number of epoxide rings is 1. The maximum atomic E-state index is 10.6. The molecule has 0 radical (unpaired) electrons. The van der Waals surface area contributed by atoms with Gasteiger partial charge in [-0.3, -0.25) is 4.79 Å². The van der Waals surface area contributed by atoms with E-state index in [9.17, 15) is 4.79 Å². The molecule has 3 nitrogen and oxygen atoms in total. The third kappa shape index (κ3) is 0.736. The Morgan fingerprint density at radius 2 is 2.60 bits per heavy atom. The Kier molecular flexibility index (Phi) is 1.06. The van der Waals surface area contributed by atoms with Crippen LogP contribution in [0.2, 0.25) is 0 Å². The van der Waals surface area contributed by atoms with Crippen LogP contribution in [-0.2, 0) is 9.53 Å². The molecular formula is C7H11NO2. The monoisotopic (exact) mass is 141 g/mol. The molecular weight excluding hydrogens is 130 g/mol. The van der Waals surface area contributed by atoms with Crippen LogP contribution in [0.3, 0.4) is 0 Å². The number of hydrogen-bond acceptors (Lipinski definition) is 2. The molecule has 2 fully saturated rings. The van der Waals surface area contributed by atoms with Crippen molar-refractivity contribution in [1.29, 1.82) is 0 Å². The predicted molar refractivity (Wildman–Crippen MR) is 35.3 cm³/mol. The number of ether oxygens (including phenoxy) is 1. The van der Waals surface area contributed by atoms with Gasteiger partial charge in [-0.2, -0.15) is 0 Å². The Labute approximate surface area is 59.7 Å². The van der Waals surface area contributed by atoms with Gasteiger partial charge < -0.3 is 10.1 Å². The van der Waals surface area contributed by atoms with Crippen LogP contribution in [0.5, 0.6) is 0 Å². The molecule has 0 spiro atoms. The number of nitrogens with one attached hydrogen (secondary N) is 1. The summed E-state index contributed by atoms with van der Waals surface area (Å²) in [5.41, 5.74) is -0.216. The minimum Gasteiger partial charge on any atom is -0.345 e. The Balaban J connectivity index is 1.99. The third-order valence-corrected chi connectivity index (χ3v) is 2.22. The molecule has 0 aromatic carbocycles. The van der Waals surface area contributed by atoms with Crippen molar-refractivity contribution in [3.8, 4) is 0 Å². The summed E-state index contributed by atoms with van der Waals surface area (Å²) < 4.78 is 5.32. The standard InChI is InChI=1S/C7H11NO2/c1-5(9)8-7-4-2-3-6(7)10-7/h6H,2-4H2,1H3,(H,8,9). The van der Waals surface area contributed by atoms with E-state index in [0.717, 1.165) is 12.8 Å². The summed E-state index contributed by atoms with van der Waals surface area (Å²) in [6.45, 7) is 1.53. The molecule has 1 amide bonds. The summed E-state index contributed by atoms with van der Waals surface area (Å²) in [5, 5.41) is 2.83. The van der Waals surface area contributed by atoms with Gasteiger partial charge in [-0.1, -0.05) is 0 Å². The van der Waals surface area contributed by atoms with Crippen molar-refractivity contribution in [1.82, 2.24) is 5.32 Å². The Bertz CT molecular complexity index is 180. The van der Waals surface area contributed by atoms with Crippen LogP contribution in [0.15, 0.2) is 0 Å². The lowest BCUT2D eigenvalue weighted by atomic mass is 10.2. The molecule has 2 aliphatic rings. The van der Waals surface area contributed by atoms with E-state index in [1.165, 1.54) is 13.3 Å². The van der Waals surface area contributed by atoms with Crippen LogP contribution in [0.25, 0.3) is 0 Å². The van der Waals surface area contributed by atoms with Gasteiger partial charge in [0.15, 0.2) is 5.72 Å². The third-order valence-electron chi connectivity index (χ3n) is 2.22. The number of carbonyl (C=O) groups is 1. The Morgan fingerprint density at radius 1 is 1.80 bits per heavy atom. The Morgan fingerprint density at radius 3 is 3.00 bits per heavy atom.